The van der Waals surface area contributed by atoms with Gasteiger partial charge in [-0.25, -0.2) is 4.79 Å². The number of aliphatic hydroxyl groups excluding tert-OH is 1. The number of ether oxygens (including phenoxy) is 2. The van der Waals surface area contributed by atoms with Crippen molar-refractivity contribution in [2.24, 2.45) is 17.3 Å². The van der Waals surface area contributed by atoms with Crippen LogP contribution in [-0.4, -0.2) is 46.9 Å². The quantitative estimate of drug-likeness (QED) is 0.266. The molecular formula is C33H34F3NO6. The molecule has 4 aliphatic carbocycles. The van der Waals surface area contributed by atoms with Crippen LogP contribution in [0.1, 0.15) is 60.0 Å². The van der Waals surface area contributed by atoms with Gasteiger partial charge in [0.15, 0.2) is 0 Å². The van der Waals surface area contributed by atoms with Crippen LogP contribution in [0.4, 0.5) is 13.2 Å². The summed E-state index contributed by atoms with van der Waals surface area (Å²) in [6.45, 7) is -0.0104. The first-order chi connectivity index (χ1) is 20.5. The number of hydrogen-bond acceptors (Lipinski definition) is 5. The molecule has 4 bridgehead atoms. The Bertz CT molecular complexity index is 1510. The molecule has 0 spiro atoms. The second-order valence-corrected chi connectivity index (χ2v) is 12.5. The number of carbonyl (C=O) groups excluding carboxylic acids is 1. The monoisotopic (exact) mass is 597 g/mol. The summed E-state index contributed by atoms with van der Waals surface area (Å²) in [5, 5.41) is 24.1. The number of benzene rings is 3. The van der Waals surface area contributed by atoms with Crippen LogP contribution in [0.25, 0.3) is 10.8 Å². The van der Waals surface area contributed by atoms with Crippen molar-refractivity contribution in [1.29, 1.82) is 0 Å². The summed E-state index contributed by atoms with van der Waals surface area (Å²) in [6, 6.07) is 14.1. The summed E-state index contributed by atoms with van der Waals surface area (Å²) < 4.78 is 51.3. The zero-order valence-electron chi connectivity index (χ0n) is 23.5. The Morgan fingerprint density at radius 3 is 2.33 bits per heavy atom. The minimum atomic E-state index is -4.46. The number of halogens is 3. The Kier molecular flexibility index (Phi) is 7.62. The van der Waals surface area contributed by atoms with Crippen LogP contribution in [0.2, 0.25) is 0 Å². The number of nitrogens with one attached hydrogen (secondary N) is 1. The number of carbonyl (C=O) groups is 2. The van der Waals surface area contributed by atoms with Crippen LogP contribution in [0.5, 0.6) is 5.75 Å². The summed E-state index contributed by atoms with van der Waals surface area (Å²) in [5.41, 5.74) is -1.32. The highest BCUT2D eigenvalue weighted by atomic mass is 19.4. The predicted octanol–water partition coefficient (Wildman–Crippen LogP) is 5.97. The van der Waals surface area contributed by atoms with Crippen LogP contribution in [0.15, 0.2) is 60.7 Å². The highest BCUT2D eigenvalue weighted by Gasteiger charge is 2.62. The predicted molar refractivity (Wildman–Crippen MR) is 151 cm³/mol. The van der Waals surface area contributed by atoms with Gasteiger partial charge >= 0.3 is 12.1 Å². The molecule has 4 aliphatic rings. The van der Waals surface area contributed by atoms with E-state index in [0.29, 0.717) is 42.0 Å². The van der Waals surface area contributed by atoms with Gasteiger partial charge in [0.25, 0.3) is 5.91 Å². The van der Waals surface area contributed by atoms with E-state index in [0.717, 1.165) is 36.8 Å². The fourth-order valence-corrected chi connectivity index (χ4v) is 8.23. The number of amides is 1. The van der Waals surface area contributed by atoms with E-state index < -0.39 is 40.7 Å². The van der Waals surface area contributed by atoms with Crippen LogP contribution in [0.3, 0.4) is 0 Å². The summed E-state index contributed by atoms with van der Waals surface area (Å²) >= 11 is 0. The second-order valence-electron chi connectivity index (χ2n) is 12.5. The Morgan fingerprint density at radius 2 is 1.67 bits per heavy atom. The summed E-state index contributed by atoms with van der Waals surface area (Å²) in [4.78, 5) is 26.7. The third-order valence-corrected chi connectivity index (χ3v) is 9.48. The number of alkyl halides is 3. The van der Waals surface area contributed by atoms with Gasteiger partial charge in [-0.1, -0.05) is 42.5 Å². The normalized spacial score (nSPS) is 26.8. The Labute approximate surface area is 247 Å². The summed E-state index contributed by atoms with van der Waals surface area (Å²) in [7, 11) is 0. The highest BCUT2D eigenvalue weighted by Crippen LogP contribution is 2.64. The molecule has 7 rings (SSSR count). The first kappa shape index (κ1) is 29.4. The molecule has 3 aromatic rings. The van der Waals surface area contributed by atoms with E-state index in [9.17, 15) is 33.0 Å². The van der Waals surface area contributed by atoms with E-state index in [1.54, 1.807) is 24.3 Å². The van der Waals surface area contributed by atoms with Gasteiger partial charge in [0.1, 0.15) is 18.4 Å². The topological polar surface area (TPSA) is 105 Å². The lowest BCUT2D eigenvalue weighted by Gasteiger charge is -2.63. The summed E-state index contributed by atoms with van der Waals surface area (Å²) in [6.07, 6.45) is 0.0800. The van der Waals surface area contributed by atoms with Crippen molar-refractivity contribution in [1.82, 2.24) is 5.32 Å². The molecule has 0 aromatic heterocycles. The molecule has 3 N–H and O–H groups in total. The van der Waals surface area contributed by atoms with Crippen molar-refractivity contribution in [2.45, 2.75) is 63.0 Å². The van der Waals surface area contributed by atoms with Gasteiger partial charge in [0.05, 0.1) is 29.9 Å². The molecule has 7 nitrogen and oxygen atoms in total. The number of aliphatic hydroxyl groups is 1. The Morgan fingerprint density at radius 1 is 0.977 bits per heavy atom. The highest BCUT2D eigenvalue weighted by molar-refractivity contribution is 6.05. The van der Waals surface area contributed by atoms with Crippen LogP contribution in [-0.2, 0) is 22.3 Å². The number of carboxylic acids is 1. The number of rotatable bonds is 10. The van der Waals surface area contributed by atoms with Crippen molar-refractivity contribution >= 4 is 22.6 Å². The Hall–Kier alpha value is -3.63. The fraction of sp³-hybridized carbons (Fsp3) is 0.455. The first-order valence-electron chi connectivity index (χ1n) is 14.6. The average Bonchev–Trinajstić information content (AvgIpc) is 2.96. The van der Waals surface area contributed by atoms with Gasteiger partial charge in [0.2, 0.25) is 0 Å². The maximum absolute atomic E-state index is 13.9. The summed E-state index contributed by atoms with van der Waals surface area (Å²) in [5.74, 6) is -0.890. The zero-order valence-corrected chi connectivity index (χ0v) is 23.5. The molecule has 228 valence electrons. The van der Waals surface area contributed by atoms with E-state index in [-0.39, 0.29) is 31.1 Å². The molecule has 1 amide bonds. The third kappa shape index (κ3) is 5.70. The van der Waals surface area contributed by atoms with Gasteiger partial charge in [0, 0.05) is 10.8 Å². The molecule has 0 aliphatic heterocycles. The van der Waals surface area contributed by atoms with E-state index in [4.69, 9.17) is 9.47 Å². The van der Waals surface area contributed by atoms with Crippen LogP contribution >= 0.6 is 0 Å². The van der Waals surface area contributed by atoms with Gasteiger partial charge in [-0.05, 0) is 79.5 Å². The standard InChI is InChI=1S/C33H34F3NO6/c34-33(35,36)24-8-5-20(6-9-24)18-42-27-25-4-2-1-3-23(25)7-10-26(27)29(39)37-28(30(40)41)31-14-21-13-22(15-31)17-32(16-21,19-31)43-12-11-38/h1-10,21-22,28,38H,11-19H2,(H,37,39)(H,40,41)/t21-,22+,28-,31?,32?/m1/s1. The van der Waals surface area contributed by atoms with E-state index in [1.807, 2.05) is 12.1 Å². The van der Waals surface area contributed by atoms with Gasteiger partial charge in [-0.15, -0.1) is 0 Å². The van der Waals surface area contributed by atoms with Gasteiger partial charge in [-0.3, -0.25) is 4.79 Å². The van der Waals surface area contributed by atoms with E-state index in [1.165, 1.54) is 12.1 Å². The SMILES string of the molecule is O=C(N[C@H](C(=O)O)C12C[C@@H]3C[C@@H](CC(OCCO)(C3)C1)C2)c1ccc2ccccc2c1OCc1ccc(C(F)(F)F)cc1. The van der Waals surface area contributed by atoms with Gasteiger partial charge < -0.3 is 25.0 Å². The number of carboxylic acid groups (broad SMARTS) is 1. The molecule has 0 heterocycles. The molecule has 2 unspecified atom stereocenters. The lowest BCUT2D eigenvalue weighted by atomic mass is 9.46. The second kappa shape index (κ2) is 11.1. The molecule has 3 aromatic carbocycles. The number of hydrogen-bond donors (Lipinski definition) is 3. The Balaban J connectivity index is 1.28. The maximum atomic E-state index is 13.9. The first-order valence-corrected chi connectivity index (χ1v) is 14.6. The van der Waals surface area contributed by atoms with Crippen LogP contribution in [0, 0.1) is 17.3 Å². The number of aliphatic carboxylic acids is 1. The van der Waals surface area contributed by atoms with Crippen molar-refractivity contribution in [3.05, 3.63) is 77.4 Å². The molecule has 0 saturated heterocycles. The molecule has 4 fully saturated rings. The third-order valence-electron chi connectivity index (χ3n) is 9.48. The van der Waals surface area contributed by atoms with Crippen LogP contribution < -0.4 is 10.1 Å². The number of fused-ring (bicyclic) bond motifs is 1. The van der Waals surface area contributed by atoms with Gasteiger partial charge in [-0.2, -0.15) is 13.2 Å². The van der Waals surface area contributed by atoms with E-state index in [2.05, 4.69) is 5.32 Å². The minimum absolute atomic E-state index is 0.0905. The van der Waals surface area contributed by atoms with Crippen molar-refractivity contribution in [3.8, 4) is 5.75 Å². The largest absolute Gasteiger partial charge is 0.487 e. The van der Waals surface area contributed by atoms with Crippen molar-refractivity contribution in [3.63, 3.8) is 0 Å². The minimum Gasteiger partial charge on any atom is -0.487 e. The molecule has 0 radical (unpaired) electrons. The molecule has 5 atom stereocenters. The smallest absolute Gasteiger partial charge is 0.416 e. The van der Waals surface area contributed by atoms with E-state index >= 15 is 0 Å². The van der Waals surface area contributed by atoms with Crippen molar-refractivity contribution in [2.75, 3.05) is 13.2 Å². The van der Waals surface area contributed by atoms with Crippen molar-refractivity contribution < 1.29 is 42.4 Å². The molecule has 4 saturated carbocycles. The molecule has 43 heavy (non-hydrogen) atoms. The maximum Gasteiger partial charge on any atom is 0.416 e. The zero-order chi connectivity index (χ0) is 30.4. The lowest BCUT2D eigenvalue weighted by molar-refractivity contribution is -0.205. The fourth-order valence-electron chi connectivity index (χ4n) is 8.23. The molecule has 10 heteroatoms. The molecular weight excluding hydrogens is 563 g/mol. The average molecular weight is 598 g/mol. The lowest BCUT2D eigenvalue weighted by Crippen LogP contribution is -2.65.